The van der Waals surface area contributed by atoms with E-state index in [2.05, 4.69) is 41.5 Å². The fraction of sp³-hybridized carbons (Fsp3) is 0.917. The summed E-state index contributed by atoms with van der Waals surface area (Å²) in [5, 5.41) is 0. The Morgan fingerprint density at radius 3 is 1.59 bits per heavy atom. The number of carbonyl (C=O) groups is 2. The molecule has 0 aliphatic heterocycles. The van der Waals surface area contributed by atoms with Gasteiger partial charge in [0.2, 0.25) is 5.91 Å². The quantitative estimate of drug-likeness (QED) is 0.451. The maximum atomic E-state index is 13.2. The van der Waals surface area contributed by atoms with Gasteiger partial charge in [-0.3, -0.25) is 9.59 Å². The Morgan fingerprint density at radius 1 is 0.778 bits per heavy atom. The largest absolute Gasteiger partial charge is 0.345 e. The number of rotatable bonds is 10. The molecule has 0 atom stereocenters. The van der Waals surface area contributed by atoms with Crippen LogP contribution in [0.3, 0.4) is 0 Å². The molecule has 0 heterocycles. The average Bonchev–Trinajstić information content (AvgIpc) is 2.42. The fourth-order valence-corrected chi connectivity index (χ4v) is 4.77. The average molecular weight is 382 g/mol. The van der Waals surface area contributed by atoms with Gasteiger partial charge in [0.15, 0.2) is 0 Å². The molecule has 0 rings (SSSR count). The SMILES string of the molecule is CC(C)C(=O)C(C)(C)CC(C)(C)C(=O)N(C)CC(C)(C)CC(C)(C)C(C)C. The third-order valence-electron chi connectivity index (χ3n) is 6.16. The molecule has 0 fully saturated rings. The fourth-order valence-electron chi connectivity index (χ4n) is 4.77. The van der Waals surface area contributed by atoms with Gasteiger partial charge in [-0.1, -0.05) is 83.1 Å². The Bertz CT molecular complexity index is 524. The van der Waals surface area contributed by atoms with E-state index >= 15 is 0 Å². The molecule has 0 aromatic rings. The summed E-state index contributed by atoms with van der Waals surface area (Å²) in [5.74, 6) is 0.936. The maximum Gasteiger partial charge on any atom is 0.228 e. The van der Waals surface area contributed by atoms with Crippen LogP contribution >= 0.6 is 0 Å². The minimum absolute atomic E-state index is 0.0131. The van der Waals surface area contributed by atoms with Crippen molar-refractivity contribution in [1.82, 2.24) is 4.90 Å². The summed E-state index contributed by atoms with van der Waals surface area (Å²) < 4.78 is 0. The molecule has 0 bridgehead atoms. The van der Waals surface area contributed by atoms with Crippen molar-refractivity contribution in [1.29, 1.82) is 0 Å². The van der Waals surface area contributed by atoms with E-state index in [1.54, 1.807) is 0 Å². The number of ketones is 1. The van der Waals surface area contributed by atoms with Crippen LogP contribution in [0, 0.1) is 33.5 Å². The molecular weight excluding hydrogens is 334 g/mol. The summed E-state index contributed by atoms with van der Waals surface area (Å²) in [6.07, 6.45) is 1.63. The maximum absolute atomic E-state index is 13.2. The first-order valence-electron chi connectivity index (χ1n) is 10.5. The predicted octanol–water partition coefficient (Wildman–Crippen LogP) is 6.21. The molecule has 0 aromatic heterocycles. The summed E-state index contributed by atoms with van der Waals surface area (Å²) in [4.78, 5) is 27.7. The molecule has 160 valence electrons. The molecule has 0 saturated carbocycles. The van der Waals surface area contributed by atoms with E-state index < -0.39 is 10.8 Å². The summed E-state index contributed by atoms with van der Waals surface area (Å²) in [6, 6.07) is 0. The highest BCUT2D eigenvalue weighted by atomic mass is 16.2. The van der Waals surface area contributed by atoms with Crippen molar-refractivity contribution in [3.05, 3.63) is 0 Å². The van der Waals surface area contributed by atoms with Crippen molar-refractivity contribution in [3.8, 4) is 0 Å². The predicted molar refractivity (Wildman–Crippen MR) is 117 cm³/mol. The van der Waals surface area contributed by atoms with Crippen LogP contribution in [0.5, 0.6) is 0 Å². The minimum atomic E-state index is -0.563. The highest BCUT2D eigenvalue weighted by Gasteiger charge is 2.41. The van der Waals surface area contributed by atoms with E-state index in [9.17, 15) is 9.59 Å². The van der Waals surface area contributed by atoms with Crippen molar-refractivity contribution < 1.29 is 9.59 Å². The van der Waals surface area contributed by atoms with Crippen molar-refractivity contribution in [2.75, 3.05) is 13.6 Å². The van der Waals surface area contributed by atoms with Gasteiger partial charge in [-0.2, -0.15) is 0 Å². The molecule has 0 radical (unpaired) electrons. The van der Waals surface area contributed by atoms with E-state index in [1.165, 1.54) is 0 Å². The molecule has 0 unspecified atom stereocenters. The van der Waals surface area contributed by atoms with Crippen LogP contribution in [0.1, 0.15) is 95.9 Å². The number of hydrogen-bond donors (Lipinski definition) is 0. The van der Waals surface area contributed by atoms with Crippen LogP contribution in [-0.4, -0.2) is 30.2 Å². The zero-order valence-corrected chi connectivity index (χ0v) is 20.5. The number of nitrogens with zero attached hydrogens (tertiary/aromatic N) is 1. The summed E-state index contributed by atoms with van der Waals surface area (Å²) >= 11 is 0. The van der Waals surface area contributed by atoms with Crippen LogP contribution in [0.2, 0.25) is 0 Å². The molecule has 0 aromatic carbocycles. The zero-order valence-electron chi connectivity index (χ0n) is 20.5. The Morgan fingerprint density at radius 2 is 1.22 bits per heavy atom. The van der Waals surface area contributed by atoms with Gasteiger partial charge in [-0.05, 0) is 29.6 Å². The zero-order chi connectivity index (χ0) is 22.0. The van der Waals surface area contributed by atoms with E-state index in [0.717, 1.165) is 13.0 Å². The lowest BCUT2D eigenvalue weighted by atomic mass is 9.68. The van der Waals surface area contributed by atoms with Gasteiger partial charge in [-0.15, -0.1) is 0 Å². The first-order chi connectivity index (χ1) is 11.8. The molecule has 0 aliphatic carbocycles. The summed E-state index contributed by atoms with van der Waals surface area (Å²) in [6.45, 7) is 26.1. The van der Waals surface area contributed by atoms with Gasteiger partial charge in [-0.25, -0.2) is 0 Å². The van der Waals surface area contributed by atoms with Gasteiger partial charge in [0.25, 0.3) is 0 Å². The molecule has 0 spiro atoms. The van der Waals surface area contributed by atoms with Gasteiger partial charge >= 0.3 is 0 Å². The lowest BCUT2D eigenvalue weighted by molar-refractivity contribution is -0.144. The topological polar surface area (TPSA) is 37.4 Å². The Labute approximate surface area is 169 Å². The van der Waals surface area contributed by atoms with E-state index in [0.29, 0.717) is 12.3 Å². The highest BCUT2D eigenvalue weighted by molar-refractivity contribution is 5.88. The smallest absolute Gasteiger partial charge is 0.228 e. The second-order valence-electron chi connectivity index (χ2n) is 12.1. The number of amides is 1. The second-order valence-corrected chi connectivity index (χ2v) is 12.1. The number of hydrogen-bond acceptors (Lipinski definition) is 2. The Hall–Kier alpha value is -0.860. The molecule has 1 amide bonds. The normalized spacial score (nSPS) is 14.0. The molecule has 3 nitrogen and oxygen atoms in total. The molecule has 0 N–H and O–H groups in total. The van der Waals surface area contributed by atoms with Crippen LogP contribution < -0.4 is 0 Å². The number of Topliss-reactive ketones (excluding diaryl/α,β-unsaturated/α-hetero) is 1. The van der Waals surface area contributed by atoms with Gasteiger partial charge in [0, 0.05) is 30.3 Å². The molecular formula is C24H47NO2. The third kappa shape index (κ3) is 7.58. The Kier molecular flexibility index (Phi) is 8.38. The lowest BCUT2D eigenvalue weighted by Gasteiger charge is -2.42. The Balaban J connectivity index is 5.23. The van der Waals surface area contributed by atoms with E-state index in [4.69, 9.17) is 0 Å². The van der Waals surface area contributed by atoms with Gasteiger partial charge < -0.3 is 4.90 Å². The summed E-state index contributed by atoms with van der Waals surface area (Å²) in [7, 11) is 1.91. The van der Waals surface area contributed by atoms with Crippen molar-refractivity contribution in [2.24, 2.45) is 33.5 Å². The first-order valence-corrected chi connectivity index (χ1v) is 10.5. The van der Waals surface area contributed by atoms with Crippen molar-refractivity contribution in [2.45, 2.75) is 95.9 Å². The van der Waals surface area contributed by atoms with Crippen LogP contribution in [0.4, 0.5) is 0 Å². The van der Waals surface area contributed by atoms with Crippen molar-refractivity contribution >= 4 is 11.7 Å². The first kappa shape index (κ1) is 26.1. The van der Waals surface area contributed by atoms with Crippen molar-refractivity contribution in [3.63, 3.8) is 0 Å². The van der Waals surface area contributed by atoms with E-state index in [-0.39, 0.29) is 28.4 Å². The van der Waals surface area contributed by atoms with Crippen LogP contribution in [0.15, 0.2) is 0 Å². The molecule has 0 saturated heterocycles. The van der Waals surface area contributed by atoms with Crippen LogP contribution in [0.25, 0.3) is 0 Å². The minimum Gasteiger partial charge on any atom is -0.345 e. The third-order valence-corrected chi connectivity index (χ3v) is 6.16. The molecule has 27 heavy (non-hydrogen) atoms. The summed E-state index contributed by atoms with van der Waals surface area (Å²) in [5.41, 5.74) is -0.790. The molecule has 3 heteroatoms. The lowest BCUT2D eigenvalue weighted by Crippen LogP contribution is -2.46. The number of carbonyl (C=O) groups excluding carboxylic acids is 2. The molecule has 0 aliphatic rings. The second kappa shape index (κ2) is 8.66. The van der Waals surface area contributed by atoms with Crippen LogP contribution in [-0.2, 0) is 9.59 Å². The highest BCUT2D eigenvalue weighted by Crippen LogP contribution is 2.41. The van der Waals surface area contributed by atoms with E-state index in [1.807, 2.05) is 53.5 Å². The van der Waals surface area contributed by atoms with Gasteiger partial charge in [0.05, 0.1) is 0 Å². The standard InChI is InChI=1S/C24H47NO2/c1-17(2)19(26)23(9,10)15-24(11,12)20(27)25(13)16-21(5,6)14-22(7,8)18(3)4/h17-18H,14-16H2,1-13H3. The monoisotopic (exact) mass is 381 g/mol. The van der Waals surface area contributed by atoms with Gasteiger partial charge in [0.1, 0.15) is 5.78 Å².